The Hall–Kier alpha value is -1.30. The van der Waals surface area contributed by atoms with Crippen LogP contribution in [0.25, 0.3) is 0 Å². The number of rotatable bonds is 5. The van der Waals surface area contributed by atoms with Crippen LogP contribution in [0.2, 0.25) is 0 Å². The van der Waals surface area contributed by atoms with Crippen LogP contribution in [-0.4, -0.2) is 48.3 Å². The Morgan fingerprint density at radius 1 is 1.35 bits per heavy atom. The van der Waals surface area contributed by atoms with Gasteiger partial charge in [-0.1, -0.05) is 0 Å². The van der Waals surface area contributed by atoms with Gasteiger partial charge in [-0.15, -0.1) is 11.6 Å². The normalized spacial score (nSPS) is 11.5. The molecule has 4 amide bonds. The monoisotopic (exact) mass is 263 g/mol. The van der Waals surface area contributed by atoms with E-state index in [0.717, 1.165) is 0 Å². The summed E-state index contributed by atoms with van der Waals surface area (Å²) in [6.45, 7) is 3.94. The van der Waals surface area contributed by atoms with Crippen LogP contribution >= 0.6 is 11.6 Å². The highest BCUT2D eigenvalue weighted by molar-refractivity contribution is 6.19. The molecule has 1 unspecified atom stereocenters. The Balaban J connectivity index is 4.12. The van der Waals surface area contributed by atoms with Gasteiger partial charge in [0.2, 0.25) is 11.8 Å². The second kappa shape index (κ2) is 7.89. The molecular formula is C10H18ClN3O3. The van der Waals surface area contributed by atoms with Crippen molar-refractivity contribution in [2.75, 3.05) is 19.5 Å². The van der Waals surface area contributed by atoms with Gasteiger partial charge in [0.05, 0.1) is 0 Å². The van der Waals surface area contributed by atoms with Crippen molar-refractivity contribution >= 4 is 29.4 Å². The maximum atomic E-state index is 11.6. The van der Waals surface area contributed by atoms with Gasteiger partial charge in [0.25, 0.3) is 0 Å². The number of nitrogens with zero attached hydrogens (tertiary/aromatic N) is 1. The van der Waals surface area contributed by atoms with Crippen molar-refractivity contribution in [2.24, 2.45) is 0 Å². The molecule has 0 aromatic rings. The highest BCUT2D eigenvalue weighted by Gasteiger charge is 2.19. The number of hydrogen-bond acceptors (Lipinski definition) is 3. The summed E-state index contributed by atoms with van der Waals surface area (Å²) in [5.41, 5.74) is 0. The van der Waals surface area contributed by atoms with Gasteiger partial charge in [0.15, 0.2) is 0 Å². The van der Waals surface area contributed by atoms with Crippen molar-refractivity contribution in [3.8, 4) is 0 Å². The maximum absolute atomic E-state index is 11.6. The van der Waals surface area contributed by atoms with E-state index in [9.17, 15) is 14.4 Å². The fraction of sp³-hybridized carbons (Fsp3) is 0.700. The Labute approximate surface area is 106 Å². The summed E-state index contributed by atoms with van der Waals surface area (Å²) in [6.07, 6.45) is 0.0617. The third-order valence-corrected chi connectivity index (χ3v) is 2.33. The Morgan fingerprint density at radius 2 is 1.94 bits per heavy atom. The number of carbonyl (C=O) groups excluding carboxylic acids is 3. The number of carbonyl (C=O) groups is 3. The Kier molecular flexibility index (Phi) is 7.29. The number of hydrogen-bond donors (Lipinski definition) is 2. The van der Waals surface area contributed by atoms with E-state index < -0.39 is 18.0 Å². The molecule has 2 N–H and O–H groups in total. The summed E-state index contributed by atoms with van der Waals surface area (Å²) in [6, 6.07) is -1.37. The lowest BCUT2D eigenvalue weighted by atomic mass is 10.3. The van der Waals surface area contributed by atoms with E-state index in [2.05, 4.69) is 10.6 Å². The number of urea groups is 1. The van der Waals surface area contributed by atoms with Crippen LogP contribution in [-0.2, 0) is 9.59 Å². The van der Waals surface area contributed by atoms with E-state index in [0.29, 0.717) is 6.54 Å². The molecule has 6 nitrogen and oxygen atoms in total. The standard InChI is InChI=1S/C10H18ClN3O3/c1-4-14(3)9(16)7(2)12-10(17)13-8(15)5-6-11/h7H,4-6H2,1-3H3,(H2,12,13,15,17). The predicted octanol–water partition coefficient (Wildman–Crippen LogP) is 0.308. The lowest BCUT2D eigenvalue weighted by Gasteiger charge is -2.20. The molecule has 0 saturated carbocycles. The number of amides is 4. The molecule has 98 valence electrons. The first-order valence-corrected chi connectivity index (χ1v) is 5.87. The van der Waals surface area contributed by atoms with Gasteiger partial charge in [-0.25, -0.2) is 4.79 Å². The molecule has 0 rings (SSSR count). The molecule has 7 heteroatoms. The third-order valence-electron chi connectivity index (χ3n) is 2.14. The second-order valence-corrected chi connectivity index (χ2v) is 3.91. The van der Waals surface area contributed by atoms with Gasteiger partial charge in [0, 0.05) is 25.9 Å². The first-order valence-electron chi connectivity index (χ1n) is 5.33. The zero-order valence-corrected chi connectivity index (χ0v) is 11.0. The molecule has 0 aliphatic heterocycles. The number of imide groups is 1. The molecular weight excluding hydrogens is 246 g/mol. The molecule has 0 saturated heterocycles. The number of alkyl halides is 1. The number of likely N-dealkylation sites (N-methyl/N-ethyl adjacent to an activating group) is 1. The Bertz CT molecular complexity index is 297. The average molecular weight is 264 g/mol. The van der Waals surface area contributed by atoms with Crippen LogP contribution in [0.4, 0.5) is 4.79 Å². The maximum Gasteiger partial charge on any atom is 0.322 e. The molecule has 0 fully saturated rings. The van der Waals surface area contributed by atoms with Crippen molar-refractivity contribution in [2.45, 2.75) is 26.3 Å². The van der Waals surface area contributed by atoms with E-state index in [4.69, 9.17) is 11.6 Å². The summed E-state index contributed by atoms with van der Waals surface area (Å²) < 4.78 is 0. The fourth-order valence-electron chi connectivity index (χ4n) is 1.06. The molecule has 0 heterocycles. The topological polar surface area (TPSA) is 78.5 Å². The van der Waals surface area contributed by atoms with Crippen LogP contribution in [0, 0.1) is 0 Å². The van der Waals surface area contributed by atoms with Crippen molar-refractivity contribution in [1.82, 2.24) is 15.5 Å². The van der Waals surface area contributed by atoms with E-state index in [-0.39, 0.29) is 18.2 Å². The van der Waals surface area contributed by atoms with Gasteiger partial charge in [-0.05, 0) is 13.8 Å². The minimum absolute atomic E-state index is 0.0617. The summed E-state index contributed by atoms with van der Waals surface area (Å²) in [5.74, 6) is -0.542. The van der Waals surface area contributed by atoms with E-state index in [1.807, 2.05) is 6.92 Å². The van der Waals surface area contributed by atoms with Crippen molar-refractivity contribution in [1.29, 1.82) is 0 Å². The fourth-order valence-corrected chi connectivity index (χ4v) is 1.23. The molecule has 17 heavy (non-hydrogen) atoms. The Morgan fingerprint density at radius 3 is 2.41 bits per heavy atom. The SMILES string of the molecule is CCN(C)C(=O)C(C)NC(=O)NC(=O)CCCl. The van der Waals surface area contributed by atoms with Crippen LogP contribution in [0.1, 0.15) is 20.3 Å². The minimum Gasteiger partial charge on any atom is -0.344 e. The largest absolute Gasteiger partial charge is 0.344 e. The van der Waals surface area contributed by atoms with E-state index in [1.54, 1.807) is 14.0 Å². The molecule has 0 radical (unpaired) electrons. The molecule has 0 bridgehead atoms. The van der Waals surface area contributed by atoms with Crippen LogP contribution in [0.3, 0.4) is 0 Å². The second-order valence-electron chi connectivity index (χ2n) is 3.53. The van der Waals surface area contributed by atoms with Gasteiger partial charge < -0.3 is 10.2 Å². The van der Waals surface area contributed by atoms with Gasteiger partial charge in [0.1, 0.15) is 6.04 Å². The highest BCUT2D eigenvalue weighted by atomic mass is 35.5. The van der Waals surface area contributed by atoms with E-state index in [1.165, 1.54) is 4.90 Å². The van der Waals surface area contributed by atoms with Gasteiger partial charge in [-0.3, -0.25) is 14.9 Å². The molecule has 0 aromatic heterocycles. The van der Waals surface area contributed by atoms with Crippen molar-refractivity contribution < 1.29 is 14.4 Å². The van der Waals surface area contributed by atoms with Crippen molar-refractivity contribution in [3.05, 3.63) is 0 Å². The summed E-state index contributed by atoms with van der Waals surface area (Å²) in [7, 11) is 1.64. The summed E-state index contributed by atoms with van der Waals surface area (Å²) in [5, 5.41) is 4.46. The van der Waals surface area contributed by atoms with Crippen LogP contribution in [0.5, 0.6) is 0 Å². The van der Waals surface area contributed by atoms with Gasteiger partial charge in [-0.2, -0.15) is 0 Å². The lowest BCUT2D eigenvalue weighted by molar-refractivity contribution is -0.131. The number of nitrogens with one attached hydrogen (secondary N) is 2. The van der Waals surface area contributed by atoms with E-state index >= 15 is 0 Å². The smallest absolute Gasteiger partial charge is 0.322 e. The van der Waals surface area contributed by atoms with Crippen molar-refractivity contribution in [3.63, 3.8) is 0 Å². The summed E-state index contributed by atoms with van der Waals surface area (Å²) in [4.78, 5) is 35.4. The lowest BCUT2D eigenvalue weighted by Crippen LogP contribution is -2.50. The third kappa shape index (κ3) is 6.11. The number of halogens is 1. The molecule has 0 spiro atoms. The average Bonchev–Trinajstić information content (AvgIpc) is 2.26. The molecule has 0 aliphatic carbocycles. The molecule has 0 aromatic carbocycles. The molecule has 1 atom stereocenters. The van der Waals surface area contributed by atoms with Crippen LogP contribution in [0.15, 0.2) is 0 Å². The predicted molar refractivity (Wildman–Crippen MR) is 64.8 cm³/mol. The molecule has 0 aliphatic rings. The first kappa shape index (κ1) is 15.7. The zero-order chi connectivity index (χ0) is 13.4. The zero-order valence-electron chi connectivity index (χ0n) is 10.2. The summed E-state index contributed by atoms with van der Waals surface area (Å²) >= 11 is 5.34. The minimum atomic E-state index is -0.689. The highest BCUT2D eigenvalue weighted by Crippen LogP contribution is 1.91. The van der Waals surface area contributed by atoms with Crippen LogP contribution < -0.4 is 10.6 Å². The quantitative estimate of drug-likeness (QED) is 0.701. The first-order chi connectivity index (χ1) is 7.92. The van der Waals surface area contributed by atoms with Gasteiger partial charge >= 0.3 is 6.03 Å².